The van der Waals surface area contributed by atoms with Gasteiger partial charge in [0.2, 0.25) is 5.91 Å². The van der Waals surface area contributed by atoms with E-state index in [9.17, 15) is 9.59 Å². The molecule has 1 aliphatic heterocycles. The first-order chi connectivity index (χ1) is 9.70. The lowest BCUT2D eigenvalue weighted by Crippen LogP contribution is -2.26. The van der Waals surface area contributed by atoms with Gasteiger partial charge in [-0.15, -0.1) is 0 Å². The highest BCUT2D eigenvalue weighted by atomic mass is 16.5. The minimum absolute atomic E-state index is 0.0333. The van der Waals surface area contributed by atoms with E-state index < -0.39 is 0 Å². The molecule has 0 aromatic heterocycles. The Morgan fingerprint density at radius 3 is 3.05 bits per heavy atom. The number of benzene rings is 1. The van der Waals surface area contributed by atoms with Crippen LogP contribution in [0.4, 0.5) is 11.4 Å². The SMILES string of the molecule is O=C(CCNC1CC1)Nc1ccc2c(c1)NC(=O)CO2. The maximum atomic E-state index is 11.8. The summed E-state index contributed by atoms with van der Waals surface area (Å²) in [4.78, 5) is 23.0. The maximum Gasteiger partial charge on any atom is 0.262 e. The number of ether oxygens (including phenoxy) is 1. The number of hydrogen-bond donors (Lipinski definition) is 3. The molecule has 0 bridgehead atoms. The molecule has 3 rings (SSSR count). The molecule has 1 saturated carbocycles. The van der Waals surface area contributed by atoms with E-state index in [0.717, 1.165) is 0 Å². The molecule has 1 aliphatic carbocycles. The van der Waals surface area contributed by atoms with Crippen molar-refractivity contribution in [2.24, 2.45) is 0 Å². The standard InChI is InChI=1S/C14H17N3O3/c18-13(5-6-15-9-1-2-9)16-10-3-4-12-11(7-10)17-14(19)8-20-12/h3-4,7,9,15H,1-2,5-6,8H2,(H,16,18)(H,17,19). The molecule has 0 radical (unpaired) electrons. The minimum atomic E-state index is -0.186. The number of fused-ring (bicyclic) bond motifs is 1. The predicted molar refractivity (Wildman–Crippen MR) is 74.8 cm³/mol. The first kappa shape index (κ1) is 12.9. The third kappa shape index (κ3) is 3.27. The summed E-state index contributed by atoms with van der Waals surface area (Å²) in [6.45, 7) is 0.729. The van der Waals surface area contributed by atoms with E-state index in [1.165, 1.54) is 12.8 Å². The second-order valence-electron chi connectivity index (χ2n) is 5.07. The highest BCUT2D eigenvalue weighted by Gasteiger charge is 2.20. The summed E-state index contributed by atoms with van der Waals surface area (Å²) in [5.74, 6) is 0.397. The Morgan fingerprint density at radius 1 is 1.40 bits per heavy atom. The third-order valence-electron chi connectivity index (χ3n) is 3.26. The van der Waals surface area contributed by atoms with Crippen molar-refractivity contribution in [1.82, 2.24) is 5.32 Å². The van der Waals surface area contributed by atoms with Gasteiger partial charge >= 0.3 is 0 Å². The summed E-state index contributed by atoms with van der Waals surface area (Å²) in [5.41, 5.74) is 1.25. The number of rotatable bonds is 5. The van der Waals surface area contributed by atoms with Crippen molar-refractivity contribution in [1.29, 1.82) is 0 Å². The van der Waals surface area contributed by atoms with Gasteiger partial charge in [0.05, 0.1) is 5.69 Å². The molecule has 1 aromatic carbocycles. The van der Waals surface area contributed by atoms with Crippen LogP contribution >= 0.6 is 0 Å². The summed E-state index contributed by atoms with van der Waals surface area (Å²) in [7, 11) is 0. The van der Waals surface area contributed by atoms with Gasteiger partial charge in [-0.2, -0.15) is 0 Å². The zero-order valence-corrected chi connectivity index (χ0v) is 11.1. The Bertz CT molecular complexity index is 540. The fraction of sp³-hybridized carbons (Fsp3) is 0.429. The third-order valence-corrected chi connectivity index (χ3v) is 3.26. The van der Waals surface area contributed by atoms with Crippen molar-refractivity contribution in [3.63, 3.8) is 0 Å². The van der Waals surface area contributed by atoms with Crippen LogP contribution < -0.4 is 20.7 Å². The minimum Gasteiger partial charge on any atom is -0.482 e. The van der Waals surface area contributed by atoms with Gasteiger partial charge in [-0.25, -0.2) is 0 Å². The molecule has 6 heteroatoms. The number of hydrogen-bond acceptors (Lipinski definition) is 4. The molecule has 1 fully saturated rings. The van der Waals surface area contributed by atoms with Crippen molar-refractivity contribution < 1.29 is 14.3 Å². The second kappa shape index (κ2) is 5.50. The molecule has 1 aromatic rings. The van der Waals surface area contributed by atoms with E-state index in [1.54, 1.807) is 18.2 Å². The predicted octanol–water partition coefficient (Wildman–Crippen LogP) is 1.10. The molecular formula is C14H17N3O3. The lowest BCUT2D eigenvalue weighted by atomic mass is 10.2. The molecule has 0 saturated heterocycles. The second-order valence-corrected chi connectivity index (χ2v) is 5.07. The van der Waals surface area contributed by atoms with E-state index in [0.29, 0.717) is 36.1 Å². The quantitative estimate of drug-likeness (QED) is 0.752. The zero-order valence-electron chi connectivity index (χ0n) is 11.1. The lowest BCUT2D eigenvalue weighted by molar-refractivity contribution is -0.118. The van der Waals surface area contributed by atoms with Crippen LogP contribution in [0.15, 0.2) is 18.2 Å². The van der Waals surface area contributed by atoms with Crippen molar-refractivity contribution in [2.75, 3.05) is 23.8 Å². The first-order valence-corrected chi connectivity index (χ1v) is 6.80. The van der Waals surface area contributed by atoms with Gasteiger partial charge in [-0.1, -0.05) is 0 Å². The Balaban J connectivity index is 1.55. The monoisotopic (exact) mass is 275 g/mol. The van der Waals surface area contributed by atoms with Crippen LogP contribution in [0.3, 0.4) is 0 Å². The summed E-state index contributed by atoms with van der Waals surface area (Å²) >= 11 is 0. The maximum absolute atomic E-state index is 11.8. The first-order valence-electron chi connectivity index (χ1n) is 6.80. The van der Waals surface area contributed by atoms with Crippen molar-refractivity contribution in [3.8, 4) is 5.75 Å². The number of carbonyl (C=O) groups excluding carboxylic acids is 2. The number of nitrogens with one attached hydrogen (secondary N) is 3. The van der Waals surface area contributed by atoms with Crippen LogP contribution in [0.5, 0.6) is 5.75 Å². The van der Waals surface area contributed by atoms with E-state index in [-0.39, 0.29) is 18.4 Å². The largest absolute Gasteiger partial charge is 0.482 e. The van der Waals surface area contributed by atoms with Crippen LogP contribution in [0.25, 0.3) is 0 Å². The molecule has 1 heterocycles. The van der Waals surface area contributed by atoms with E-state index in [4.69, 9.17) is 4.74 Å². The topological polar surface area (TPSA) is 79.5 Å². The Labute approximate surface area is 116 Å². The van der Waals surface area contributed by atoms with Gasteiger partial charge in [-0.05, 0) is 31.0 Å². The summed E-state index contributed by atoms with van der Waals surface area (Å²) < 4.78 is 5.26. The van der Waals surface area contributed by atoms with Crippen LogP contribution in [0, 0.1) is 0 Å². The number of anilines is 2. The molecule has 2 aliphatic rings. The molecule has 0 spiro atoms. The Hall–Kier alpha value is -2.08. The van der Waals surface area contributed by atoms with Crippen molar-refractivity contribution in [3.05, 3.63) is 18.2 Å². The van der Waals surface area contributed by atoms with Gasteiger partial charge < -0.3 is 20.7 Å². The normalized spacial score (nSPS) is 16.9. The molecule has 3 N–H and O–H groups in total. The summed E-state index contributed by atoms with van der Waals surface area (Å²) in [6, 6.07) is 5.83. The van der Waals surface area contributed by atoms with E-state index in [2.05, 4.69) is 16.0 Å². The summed E-state index contributed by atoms with van der Waals surface area (Å²) in [5, 5.41) is 8.82. The van der Waals surface area contributed by atoms with Gasteiger partial charge in [-0.3, -0.25) is 9.59 Å². The van der Waals surface area contributed by atoms with Crippen LogP contribution in [0.2, 0.25) is 0 Å². The molecule has 6 nitrogen and oxygen atoms in total. The van der Waals surface area contributed by atoms with E-state index in [1.807, 2.05) is 0 Å². The highest BCUT2D eigenvalue weighted by Crippen LogP contribution is 2.30. The number of amides is 2. The van der Waals surface area contributed by atoms with Crippen LogP contribution in [0.1, 0.15) is 19.3 Å². The number of carbonyl (C=O) groups is 2. The molecular weight excluding hydrogens is 258 g/mol. The molecule has 0 atom stereocenters. The van der Waals surface area contributed by atoms with Crippen molar-refractivity contribution >= 4 is 23.2 Å². The van der Waals surface area contributed by atoms with Crippen molar-refractivity contribution in [2.45, 2.75) is 25.3 Å². The Kier molecular flexibility index (Phi) is 3.56. The fourth-order valence-electron chi connectivity index (χ4n) is 2.06. The summed E-state index contributed by atoms with van der Waals surface area (Å²) in [6.07, 6.45) is 2.87. The highest BCUT2D eigenvalue weighted by molar-refractivity contribution is 5.97. The van der Waals surface area contributed by atoms with Gasteiger partial charge in [0, 0.05) is 24.7 Å². The molecule has 106 valence electrons. The molecule has 0 unspecified atom stereocenters. The van der Waals surface area contributed by atoms with Gasteiger partial charge in [0.15, 0.2) is 6.61 Å². The van der Waals surface area contributed by atoms with Gasteiger partial charge in [0.1, 0.15) is 5.75 Å². The average Bonchev–Trinajstić information content (AvgIpc) is 3.22. The fourth-order valence-corrected chi connectivity index (χ4v) is 2.06. The van der Waals surface area contributed by atoms with Crippen LogP contribution in [-0.2, 0) is 9.59 Å². The lowest BCUT2D eigenvalue weighted by Gasteiger charge is -2.18. The molecule has 20 heavy (non-hydrogen) atoms. The smallest absolute Gasteiger partial charge is 0.262 e. The van der Waals surface area contributed by atoms with Gasteiger partial charge in [0.25, 0.3) is 5.91 Å². The average molecular weight is 275 g/mol. The molecule has 2 amide bonds. The van der Waals surface area contributed by atoms with E-state index >= 15 is 0 Å². The zero-order chi connectivity index (χ0) is 13.9. The Morgan fingerprint density at radius 2 is 2.25 bits per heavy atom. The van der Waals surface area contributed by atoms with Crippen LogP contribution in [-0.4, -0.2) is 31.0 Å².